The van der Waals surface area contributed by atoms with Gasteiger partial charge in [0.25, 0.3) is 0 Å². The maximum absolute atomic E-state index is 6.43. The van der Waals surface area contributed by atoms with E-state index in [0.717, 1.165) is 33.5 Å². The zero-order valence-electron chi connectivity index (χ0n) is 19.8. The first-order valence-corrected chi connectivity index (χ1v) is 14.1. The molecule has 5 aromatic rings. The molecule has 0 spiro atoms. The zero-order chi connectivity index (χ0) is 25.2. The number of hydrogen-bond acceptors (Lipinski definition) is 6. The fraction of sp³-hybridized carbons (Fsp3) is 0.115. The summed E-state index contributed by atoms with van der Waals surface area (Å²) < 4.78 is 5.37. The van der Waals surface area contributed by atoms with Crippen LogP contribution in [0.2, 0.25) is 10.0 Å². The summed E-state index contributed by atoms with van der Waals surface area (Å²) in [5.41, 5.74) is 4.30. The van der Waals surface area contributed by atoms with Gasteiger partial charge in [-0.1, -0.05) is 49.3 Å². The van der Waals surface area contributed by atoms with Crippen LogP contribution in [0.25, 0.3) is 22.2 Å². The lowest BCUT2D eigenvalue weighted by molar-refractivity contribution is 0.415. The van der Waals surface area contributed by atoms with E-state index < -0.39 is 0 Å². The highest BCUT2D eigenvalue weighted by atomic mass is 35.5. The van der Waals surface area contributed by atoms with Crippen molar-refractivity contribution in [2.24, 2.45) is 0 Å². The van der Waals surface area contributed by atoms with Crippen molar-refractivity contribution in [1.82, 2.24) is 20.2 Å². The van der Waals surface area contributed by atoms with Gasteiger partial charge in [0.1, 0.15) is 16.5 Å². The third kappa shape index (κ3) is 5.09. The quantitative estimate of drug-likeness (QED) is 0.191. The van der Waals surface area contributed by atoms with Gasteiger partial charge in [0.05, 0.1) is 18.8 Å². The number of H-pyrrole nitrogens is 1. The average Bonchev–Trinajstić information content (AvgIpc) is 3.29. The van der Waals surface area contributed by atoms with Crippen LogP contribution in [0.5, 0.6) is 5.75 Å². The normalized spacial score (nSPS) is 11.2. The molecule has 0 aliphatic rings. The summed E-state index contributed by atoms with van der Waals surface area (Å²) in [6.45, 7) is 4.42. The highest BCUT2D eigenvalue weighted by Gasteiger charge is 2.13. The van der Waals surface area contributed by atoms with Gasteiger partial charge in [-0.2, -0.15) is 10.1 Å². The van der Waals surface area contributed by atoms with Crippen molar-refractivity contribution in [3.63, 3.8) is 0 Å². The topological polar surface area (TPSA) is 87.8 Å². The first-order chi connectivity index (χ1) is 17.4. The molecule has 0 saturated heterocycles. The van der Waals surface area contributed by atoms with Crippen molar-refractivity contribution in [3.05, 3.63) is 76.9 Å². The van der Waals surface area contributed by atoms with E-state index in [1.54, 1.807) is 19.4 Å². The molecule has 0 amide bonds. The number of rotatable bonds is 7. The van der Waals surface area contributed by atoms with Gasteiger partial charge in [0.15, 0.2) is 5.82 Å². The van der Waals surface area contributed by atoms with Gasteiger partial charge >= 0.3 is 0 Å². The third-order valence-corrected chi connectivity index (χ3v) is 7.43. The van der Waals surface area contributed by atoms with Gasteiger partial charge in [0.2, 0.25) is 5.95 Å². The number of aromatic amines is 1. The number of anilines is 4. The highest BCUT2D eigenvalue weighted by Crippen LogP contribution is 2.34. The van der Waals surface area contributed by atoms with E-state index in [9.17, 15) is 0 Å². The number of methoxy groups -OCH3 is 1. The molecule has 36 heavy (non-hydrogen) atoms. The van der Waals surface area contributed by atoms with Crippen LogP contribution >= 0.6 is 31.1 Å². The van der Waals surface area contributed by atoms with E-state index in [-0.39, 0.29) is 7.92 Å². The molecule has 0 aliphatic heterocycles. The van der Waals surface area contributed by atoms with Crippen LogP contribution in [-0.4, -0.2) is 40.6 Å². The van der Waals surface area contributed by atoms with Crippen LogP contribution in [0.4, 0.5) is 23.1 Å². The molecule has 0 fully saturated rings. The predicted octanol–water partition coefficient (Wildman–Crippen LogP) is 7.19. The molecule has 182 valence electrons. The number of benzene rings is 3. The number of hydrogen-bond donors (Lipinski definition) is 3. The molecule has 0 aliphatic carbocycles. The average molecular weight is 537 g/mol. The first kappa shape index (κ1) is 24.3. The molecule has 7 nitrogen and oxygen atoms in total. The molecular weight excluding hydrogens is 514 g/mol. The minimum atomic E-state index is -0.299. The summed E-state index contributed by atoms with van der Waals surface area (Å²) in [6, 6.07) is 19.6. The van der Waals surface area contributed by atoms with Gasteiger partial charge in [0, 0.05) is 27.3 Å². The van der Waals surface area contributed by atoms with Gasteiger partial charge < -0.3 is 15.4 Å². The lowest BCUT2D eigenvalue weighted by Gasteiger charge is -2.15. The van der Waals surface area contributed by atoms with E-state index in [2.05, 4.69) is 50.2 Å². The molecule has 2 heterocycles. The van der Waals surface area contributed by atoms with Gasteiger partial charge in [-0.15, -0.1) is 0 Å². The Morgan fingerprint density at radius 2 is 1.81 bits per heavy atom. The number of fused-ring (bicyclic) bond motifs is 1. The van der Waals surface area contributed by atoms with Gasteiger partial charge in [-0.25, -0.2) is 4.98 Å². The summed E-state index contributed by atoms with van der Waals surface area (Å²) >= 11 is 12.7. The van der Waals surface area contributed by atoms with E-state index in [0.29, 0.717) is 27.6 Å². The third-order valence-electron chi connectivity index (χ3n) is 5.58. The minimum Gasteiger partial charge on any atom is -0.497 e. The maximum atomic E-state index is 6.43. The molecule has 0 radical (unpaired) electrons. The van der Waals surface area contributed by atoms with Crippen molar-refractivity contribution in [2.75, 3.05) is 31.1 Å². The summed E-state index contributed by atoms with van der Waals surface area (Å²) in [4.78, 5) is 9.00. The highest BCUT2D eigenvalue weighted by molar-refractivity contribution is 7.64. The van der Waals surface area contributed by atoms with Crippen LogP contribution in [0, 0.1) is 0 Å². The SMILES string of the molecule is COc1cc(Cl)cc(-c2n[nH]c3ccc(Nc4ncc(Cl)c(Nc5ccccc5P(C)C)n4)cc23)c1. The molecular formula is C26H23Cl2N6OP. The van der Waals surface area contributed by atoms with Crippen LogP contribution in [0.15, 0.2) is 66.9 Å². The number of para-hydroxylation sites is 1. The van der Waals surface area contributed by atoms with E-state index in [4.69, 9.17) is 27.9 Å². The molecule has 0 bridgehead atoms. The number of nitrogens with zero attached hydrogens (tertiary/aromatic N) is 3. The monoisotopic (exact) mass is 536 g/mol. The second-order valence-electron chi connectivity index (χ2n) is 8.26. The Hall–Kier alpha value is -3.38. The standard InChI is InChI=1S/C26H23Cl2N6OP/c1-35-18-11-15(10-16(27)12-18)24-19-13-17(8-9-21(19)33-34-24)30-26-29-14-20(28)25(32-26)31-22-6-4-5-7-23(22)36(2)3/h4-14H,1-3H3,(H,33,34)(H2,29,30,31,32). The van der Waals surface area contributed by atoms with E-state index in [1.165, 1.54) is 5.30 Å². The number of nitrogens with one attached hydrogen (secondary N) is 3. The van der Waals surface area contributed by atoms with Gasteiger partial charge in [-0.05, 0) is 61.1 Å². The fourth-order valence-electron chi connectivity index (χ4n) is 3.87. The Balaban J connectivity index is 1.46. The molecule has 0 saturated carbocycles. The minimum absolute atomic E-state index is 0.299. The van der Waals surface area contributed by atoms with Crippen LogP contribution in [-0.2, 0) is 0 Å². The van der Waals surface area contributed by atoms with E-state index >= 15 is 0 Å². The fourth-order valence-corrected chi connectivity index (χ4v) is 5.23. The Labute approximate surface area is 220 Å². The summed E-state index contributed by atoms with van der Waals surface area (Å²) in [6.07, 6.45) is 1.59. The molecule has 2 aromatic heterocycles. The molecule has 3 N–H and O–H groups in total. The number of aromatic nitrogens is 4. The second kappa shape index (κ2) is 10.3. The number of halogens is 2. The van der Waals surface area contributed by atoms with Crippen molar-refractivity contribution < 1.29 is 4.74 Å². The van der Waals surface area contributed by atoms with E-state index in [1.807, 2.05) is 48.5 Å². The lowest BCUT2D eigenvalue weighted by atomic mass is 10.1. The molecule has 5 rings (SSSR count). The predicted molar refractivity (Wildman–Crippen MR) is 152 cm³/mol. The first-order valence-electron chi connectivity index (χ1n) is 11.1. The van der Waals surface area contributed by atoms with Crippen molar-refractivity contribution in [3.8, 4) is 17.0 Å². The van der Waals surface area contributed by atoms with Gasteiger partial charge in [-0.3, -0.25) is 5.10 Å². The molecule has 0 unspecified atom stereocenters. The van der Waals surface area contributed by atoms with Crippen molar-refractivity contribution >= 4 is 70.5 Å². The number of ether oxygens (including phenoxy) is 1. The molecule has 3 aromatic carbocycles. The molecule has 10 heteroatoms. The largest absolute Gasteiger partial charge is 0.497 e. The summed E-state index contributed by atoms with van der Waals surface area (Å²) in [5.74, 6) is 1.62. The lowest BCUT2D eigenvalue weighted by Crippen LogP contribution is -2.09. The Morgan fingerprint density at radius 3 is 2.61 bits per heavy atom. The smallest absolute Gasteiger partial charge is 0.229 e. The second-order valence-corrected chi connectivity index (χ2v) is 11.4. The zero-order valence-corrected chi connectivity index (χ0v) is 22.2. The van der Waals surface area contributed by atoms with Crippen LogP contribution in [0.1, 0.15) is 0 Å². The Morgan fingerprint density at radius 1 is 0.972 bits per heavy atom. The Kier molecular flexibility index (Phi) is 6.97. The van der Waals surface area contributed by atoms with Crippen molar-refractivity contribution in [2.45, 2.75) is 0 Å². The molecule has 0 atom stereocenters. The van der Waals surface area contributed by atoms with Crippen LogP contribution in [0.3, 0.4) is 0 Å². The Bertz CT molecular complexity index is 1560. The van der Waals surface area contributed by atoms with Crippen LogP contribution < -0.4 is 20.7 Å². The summed E-state index contributed by atoms with van der Waals surface area (Å²) in [5, 5.41) is 17.4. The van der Waals surface area contributed by atoms with Crippen molar-refractivity contribution in [1.29, 1.82) is 0 Å². The maximum Gasteiger partial charge on any atom is 0.229 e. The summed E-state index contributed by atoms with van der Waals surface area (Å²) in [7, 11) is 1.31.